The van der Waals surface area contributed by atoms with Crippen LogP contribution in [0.15, 0.2) is 58.7 Å². The molecule has 0 amide bonds. The summed E-state index contributed by atoms with van der Waals surface area (Å²) in [7, 11) is -3.75. The molecule has 2 aliphatic rings. The van der Waals surface area contributed by atoms with Gasteiger partial charge in [0.2, 0.25) is 16.0 Å². The van der Waals surface area contributed by atoms with E-state index in [1.807, 2.05) is 4.90 Å². The van der Waals surface area contributed by atoms with Crippen molar-refractivity contribution in [2.45, 2.75) is 11.4 Å². The molecule has 3 aromatic rings. The fourth-order valence-electron chi connectivity index (χ4n) is 4.17. The lowest BCUT2D eigenvalue weighted by molar-refractivity contribution is 0.172. The van der Waals surface area contributed by atoms with Crippen LogP contribution in [0.25, 0.3) is 10.9 Å². The average Bonchev–Trinajstić information content (AvgIpc) is 2.85. The Morgan fingerprint density at radius 3 is 2.32 bits per heavy atom. The first-order valence-electron chi connectivity index (χ1n) is 10.8. The van der Waals surface area contributed by atoms with Gasteiger partial charge in [0.25, 0.3) is 5.56 Å². The van der Waals surface area contributed by atoms with E-state index in [1.165, 1.54) is 21.0 Å². The Labute approximate surface area is 195 Å². The highest BCUT2D eigenvalue weighted by atomic mass is 32.2. The van der Waals surface area contributed by atoms with Gasteiger partial charge in [0, 0.05) is 38.8 Å². The summed E-state index contributed by atoms with van der Waals surface area (Å²) in [5, 5.41) is 0.410. The molecule has 178 valence electrons. The van der Waals surface area contributed by atoms with Crippen molar-refractivity contribution in [3.63, 3.8) is 0 Å². The van der Waals surface area contributed by atoms with E-state index in [9.17, 15) is 17.6 Å². The maximum absolute atomic E-state index is 13.3. The SMILES string of the molecule is C=CCn1c(N2CCN(S(=O)(=O)c3ccc(F)cc3)CC2)nc2cc3c(cc2c1=O)OCCO3. The minimum atomic E-state index is -3.75. The number of piperazine rings is 1. The average molecular weight is 487 g/mol. The zero-order valence-corrected chi connectivity index (χ0v) is 19.1. The van der Waals surface area contributed by atoms with Gasteiger partial charge < -0.3 is 14.4 Å². The van der Waals surface area contributed by atoms with Crippen LogP contribution in [0, 0.1) is 5.82 Å². The van der Waals surface area contributed by atoms with E-state index in [0.717, 1.165) is 12.1 Å². The van der Waals surface area contributed by atoms with Crippen molar-refractivity contribution in [1.29, 1.82) is 0 Å². The molecule has 9 nitrogen and oxygen atoms in total. The van der Waals surface area contributed by atoms with Gasteiger partial charge >= 0.3 is 0 Å². The normalized spacial score (nSPS) is 16.6. The Morgan fingerprint density at radius 2 is 1.68 bits per heavy atom. The van der Waals surface area contributed by atoms with Gasteiger partial charge in [-0.25, -0.2) is 17.8 Å². The van der Waals surface area contributed by atoms with E-state index in [0.29, 0.717) is 54.7 Å². The van der Waals surface area contributed by atoms with Crippen molar-refractivity contribution in [3.05, 3.63) is 65.2 Å². The number of fused-ring (bicyclic) bond motifs is 2. The third-order valence-corrected chi connectivity index (χ3v) is 7.80. The van der Waals surface area contributed by atoms with Gasteiger partial charge in [-0.05, 0) is 30.3 Å². The highest BCUT2D eigenvalue weighted by molar-refractivity contribution is 7.89. The lowest BCUT2D eigenvalue weighted by atomic mass is 10.2. The third kappa shape index (κ3) is 3.90. The summed E-state index contributed by atoms with van der Waals surface area (Å²) in [6.45, 7) is 5.90. The predicted molar refractivity (Wildman–Crippen MR) is 125 cm³/mol. The van der Waals surface area contributed by atoms with E-state index in [4.69, 9.17) is 14.5 Å². The van der Waals surface area contributed by atoms with E-state index in [2.05, 4.69) is 6.58 Å². The monoisotopic (exact) mass is 486 g/mol. The summed E-state index contributed by atoms with van der Waals surface area (Å²) in [6, 6.07) is 8.12. The Bertz CT molecular complexity index is 1410. The van der Waals surface area contributed by atoms with Gasteiger partial charge in [-0.1, -0.05) is 6.08 Å². The van der Waals surface area contributed by atoms with Gasteiger partial charge in [-0.15, -0.1) is 6.58 Å². The number of hydrogen-bond acceptors (Lipinski definition) is 7. The Morgan fingerprint density at radius 1 is 1.03 bits per heavy atom. The molecule has 2 aromatic carbocycles. The molecular formula is C23H23FN4O5S. The van der Waals surface area contributed by atoms with Crippen LogP contribution in [0.3, 0.4) is 0 Å². The molecule has 0 spiro atoms. The van der Waals surface area contributed by atoms with Crippen LogP contribution >= 0.6 is 0 Å². The van der Waals surface area contributed by atoms with Gasteiger partial charge in [0.1, 0.15) is 19.0 Å². The zero-order chi connectivity index (χ0) is 23.9. The molecule has 0 bridgehead atoms. The number of sulfonamides is 1. The second kappa shape index (κ2) is 8.73. The number of ether oxygens (including phenoxy) is 2. The first-order chi connectivity index (χ1) is 16.4. The van der Waals surface area contributed by atoms with Gasteiger partial charge in [0.15, 0.2) is 11.5 Å². The smallest absolute Gasteiger partial charge is 0.263 e. The molecule has 0 aliphatic carbocycles. The minimum absolute atomic E-state index is 0.0433. The molecule has 34 heavy (non-hydrogen) atoms. The van der Waals surface area contributed by atoms with Crippen LogP contribution in [0.2, 0.25) is 0 Å². The highest BCUT2D eigenvalue weighted by Crippen LogP contribution is 2.33. The molecule has 0 unspecified atom stereocenters. The van der Waals surface area contributed by atoms with E-state index in [1.54, 1.807) is 18.2 Å². The first kappa shape index (κ1) is 22.4. The molecule has 2 aliphatic heterocycles. The third-order valence-electron chi connectivity index (χ3n) is 5.88. The highest BCUT2D eigenvalue weighted by Gasteiger charge is 2.30. The lowest BCUT2D eigenvalue weighted by Crippen LogP contribution is -2.50. The summed E-state index contributed by atoms with van der Waals surface area (Å²) < 4.78 is 53.2. The standard InChI is InChI=1S/C23H23FN4O5S/c1-2-7-28-22(29)18-14-20-21(33-13-12-32-20)15-19(18)25-23(28)26-8-10-27(11-9-26)34(30,31)17-5-3-16(24)4-6-17/h2-6,14-15H,1,7-13H2. The number of aromatic nitrogens is 2. The van der Waals surface area contributed by atoms with Crippen molar-refractivity contribution in [3.8, 4) is 11.5 Å². The summed E-state index contributed by atoms with van der Waals surface area (Å²) in [5.74, 6) is 0.987. The van der Waals surface area contributed by atoms with Crippen molar-refractivity contribution in [1.82, 2.24) is 13.9 Å². The quantitative estimate of drug-likeness (QED) is 0.509. The summed E-state index contributed by atoms with van der Waals surface area (Å²) in [5.41, 5.74) is 0.240. The van der Waals surface area contributed by atoms with Crippen molar-refractivity contribution >= 4 is 26.9 Å². The maximum atomic E-state index is 13.3. The lowest BCUT2D eigenvalue weighted by Gasteiger charge is -2.35. The number of benzene rings is 2. The Balaban J connectivity index is 1.46. The predicted octanol–water partition coefficient (Wildman–Crippen LogP) is 2.00. The molecule has 0 saturated carbocycles. The van der Waals surface area contributed by atoms with Crippen LogP contribution in [0.1, 0.15) is 0 Å². The second-order valence-corrected chi connectivity index (χ2v) is 9.91. The molecule has 1 aromatic heterocycles. The molecule has 0 atom stereocenters. The first-order valence-corrected chi connectivity index (χ1v) is 12.3. The molecule has 3 heterocycles. The summed E-state index contributed by atoms with van der Waals surface area (Å²) >= 11 is 0. The number of allylic oxidation sites excluding steroid dienone is 1. The summed E-state index contributed by atoms with van der Waals surface area (Å²) in [4.78, 5) is 20.0. The molecule has 5 rings (SSSR count). The minimum Gasteiger partial charge on any atom is -0.486 e. The Kier molecular flexibility index (Phi) is 5.74. The molecule has 0 N–H and O–H groups in total. The Hall–Kier alpha value is -3.44. The van der Waals surface area contributed by atoms with E-state index >= 15 is 0 Å². The van der Waals surface area contributed by atoms with Crippen LogP contribution < -0.4 is 19.9 Å². The van der Waals surface area contributed by atoms with Crippen molar-refractivity contribution in [2.24, 2.45) is 0 Å². The maximum Gasteiger partial charge on any atom is 0.263 e. The zero-order valence-electron chi connectivity index (χ0n) is 18.3. The number of anilines is 1. The van der Waals surface area contributed by atoms with E-state index < -0.39 is 15.8 Å². The molecule has 11 heteroatoms. The molecular weight excluding hydrogens is 463 g/mol. The molecule has 0 radical (unpaired) electrons. The number of halogens is 1. The largest absolute Gasteiger partial charge is 0.486 e. The molecule has 1 saturated heterocycles. The van der Waals surface area contributed by atoms with Crippen LogP contribution in [-0.4, -0.2) is 61.7 Å². The van der Waals surface area contributed by atoms with Gasteiger partial charge in [-0.2, -0.15) is 4.31 Å². The van der Waals surface area contributed by atoms with Crippen molar-refractivity contribution < 1.29 is 22.3 Å². The van der Waals surface area contributed by atoms with Gasteiger partial charge in [0.05, 0.1) is 15.8 Å². The van der Waals surface area contributed by atoms with E-state index in [-0.39, 0.29) is 30.1 Å². The summed E-state index contributed by atoms with van der Waals surface area (Å²) in [6.07, 6.45) is 1.62. The topological polar surface area (TPSA) is 94.0 Å². The number of hydrogen-bond donors (Lipinski definition) is 0. The second-order valence-electron chi connectivity index (χ2n) is 7.97. The van der Waals surface area contributed by atoms with Crippen LogP contribution in [-0.2, 0) is 16.6 Å². The van der Waals surface area contributed by atoms with Gasteiger partial charge in [-0.3, -0.25) is 9.36 Å². The fraction of sp³-hybridized carbons (Fsp3) is 0.304. The number of nitrogens with zero attached hydrogens (tertiary/aromatic N) is 4. The van der Waals surface area contributed by atoms with Crippen LogP contribution in [0.4, 0.5) is 10.3 Å². The molecule has 1 fully saturated rings. The van der Waals surface area contributed by atoms with Crippen LogP contribution in [0.5, 0.6) is 11.5 Å². The fourth-order valence-corrected chi connectivity index (χ4v) is 5.59. The van der Waals surface area contributed by atoms with Crippen molar-refractivity contribution in [2.75, 3.05) is 44.3 Å². The number of rotatable bonds is 5.